The summed E-state index contributed by atoms with van der Waals surface area (Å²) < 4.78 is 17.3. The first-order chi connectivity index (χ1) is 17.5. The zero-order chi connectivity index (χ0) is 24.4. The van der Waals surface area contributed by atoms with E-state index in [1.165, 1.54) is 31.9 Å². The van der Waals surface area contributed by atoms with Gasteiger partial charge < -0.3 is 4.98 Å². The molecule has 2 bridgehead atoms. The molecule has 1 N–H and O–H groups in total. The number of nitrogens with zero attached hydrogens (tertiary/aromatic N) is 4. The van der Waals surface area contributed by atoms with Gasteiger partial charge in [0.2, 0.25) is 0 Å². The topological polar surface area (TPSA) is 67.3 Å². The molecule has 0 spiro atoms. The van der Waals surface area contributed by atoms with Crippen molar-refractivity contribution in [2.45, 2.75) is 39.0 Å². The Hall–Kier alpha value is -2.90. The minimum atomic E-state index is -0.303. The SMILES string of the molecule is CC1C2CCC(CC2)C1Cc1nc(-c2c[nH]c3ncc(Cl)nc23)nc(-c2cc3ccccc3s2)c1F. The quantitative estimate of drug-likeness (QED) is 0.265. The van der Waals surface area contributed by atoms with E-state index in [-0.39, 0.29) is 5.82 Å². The summed E-state index contributed by atoms with van der Waals surface area (Å²) in [5.41, 5.74) is 2.73. The van der Waals surface area contributed by atoms with E-state index in [1.54, 1.807) is 17.5 Å². The zero-order valence-corrected chi connectivity index (χ0v) is 21.4. The predicted molar refractivity (Wildman–Crippen MR) is 143 cm³/mol. The Kier molecular flexibility index (Phi) is 5.33. The highest BCUT2D eigenvalue weighted by molar-refractivity contribution is 7.22. The van der Waals surface area contributed by atoms with Gasteiger partial charge in [0.05, 0.1) is 22.3 Å². The molecule has 3 fully saturated rings. The van der Waals surface area contributed by atoms with Crippen LogP contribution in [-0.4, -0.2) is 24.9 Å². The van der Waals surface area contributed by atoms with Crippen LogP contribution in [0.5, 0.6) is 0 Å². The highest BCUT2D eigenvalue weighted by Gasteiger charge is 2.41. The molecule has 2 unspecified atom stereocenters. The minimum absolute atomic E-state index is 0.294. The lowest BCUT2D eigenvalue weighted by molar-refractivity contribution is 0.0334. The van der Waals surface area contributed by atoms with Crippen molar-refractivity contribution in [3.63, 3.8) is 0 Å². The molecule has 0 radical (unpaired) electrons. The highest BCUT2D eigenvalue weighted by Crippen LogP contribution is 2.50. The molecule has 4 aromatic heterocycles. The first-order valence-electron chi connectivity index (χ1n) is 12.6. The summed E-state index contributed by atoms with van der Waals surface area (Å²) in [6.07, 6.45) is 9.04. The maximum Gasteiger partial charge on any atom is 0.171 e. The van der Waals surface area contributed by atoms with Gasteiger partial charge in [-0.3, -0.25) is 0 Å². The van der Waals surface area contributed by atoms with Gasteiger partial charge in [0, 0.05) is 10.9 Å². The van der Waals surface area contributed by atoms with Crippen molar-refractivity contribution in [2.24, 2.45) is 23.7 Å². The van der Waals surface area contributed by atoms with Crippen molar-refractivity contribution < 1.29 is 4.39 Å². The molecule has 0 saturated heterocycles. The van der Waals surface area contributed by atoms with Crippen molar-refractivity contribution in [1.82, 2.24) is 24.9 Å². The lowest BCUT2D eigenvalue weighted by Gasteiger charge is -2.47. The second-order valence-electron chi connectivity index (χ2n) is 10.3. The van der Waals surface area contributed by atoms with Crippen LogP contribution in [-0.2, 0) is 6.42 Å². The summed E-state index contributed by atoms with van der Waals surface area (Å²) in [5, 5.41) is 1.38. The summed E-state index contributed by atoms with van der Waals surface area (Å²) in [7, 11) is 0. The van der Waals surface area contributed by atoms with E-state index in [0.717, 1.165) is 20.9 Å². The van der Waals surface area contributed by atoms with Gasteiger partial charge in [0.1, 0.15) is 16.4 Å². The monoisotopic (exact) mass is 517 g/mol. The van der Waals surface area contributed by atoms with E-state index in [2.05, 4.69) is 27.9 Å². The Balaban J connectivity index is 1.40. The molecule has 36 heavy (non-hydrogen) atoms. The molecular formula is C28H25ClFN5S. The number of hydrogen-bond acceptors (Lipinski definition) is 5. The number of aromatic nitrogens is 5. The van der Waals surface area contributed by atoms with Crippen molar-refractivity contribution in [3.05, 3.63) is 59.4 Å². The van der Waals surface area contributed by atoms with Crippen LogP contribution in [0.2, 0.25) is 5.15 Å². The van der Waals surface area contributed by atoms with Gasteiger partial charge in [-0.05, 0) is 73.3 Å². The van der Waals surface area contributed by atoms with Crippen LogP contribution in [0.4, 0.5) is 4.39 Å². The molecule has 5 aromatic rings. The summed E-state index contributed by atoms with van der Waals surface area (Å²) in [6, 6.07) is 10.1. The average Bonchev–Trinajstić information content (AvgIpc) is 3.51. The van der Waals surface area contributed by atoms with Crippen LogP contribution in [0.3, 0.4) is 0 Å². The van der Waals surface area contributed by atoms with Crippen LogP contribution >= 0.6 is 22.9 Å². The summed E-state index contributed by atoms with van der Waals surface area (Å²) in [4.78, 5) is 22.3. The van der Waals surface area contributed by atoms with Gasteiger partial charge in [-0.15, -0.1) is 11.3 Å². The van der Waals surface area contributed by atoms with E-state index in [4.69, 9.17) is 21.6 Å². The van der Waals surface area contributed by atoms with Gasteiger partial charge >= 0.3 is 0 Å². The number of aromatic amines is 1. The largest absolute Gasteiger partial charge is 0.344 e. The summed E-state index contributed by atoms with van der Waals surface area (Å²) in [5.74, 6) is 2.58. The molecule has 1 aromatic carbocycles. The van der Waals surface area contributed by atoms with Crippen molar-refractivity contribution in [3.8, 4) is 22.0 Å². The number of H-pyrrole nitrogens is 1. The maximum atomic E-state index is 16.2. The lowest BCUT2D eigenvalue weighted by Crippen LogP contribution is -2.39. The van der Waals surface area contributed by atoms with E-state index in [9.17, 15) is 0 Å². The normalized spacial score (nSPS) is 23.6. The van der Waals surface area contributed by atoms with Gasteiger partial charge in [-0.2, -0.15) is 0 Å². The van der Waals surface area contributed by atoms with Gasteiger partial charge in [0.25, 0.3) is 0 Å². The van der Waals surface area contributed by atoms with Crippen molar-refractivity contribution >= 4 is 44.2 Å². The third-order valence-corrected chi connectivity index (χ3v) is 9.75. The third kappa shape index (κ3) is 3.63. The number of nitrogens with one attached hydrogen (secondary N) is 1. The van der Waals surface area contributed by atoms with E-state index < -0.39 is 0 Å². The average molecular weight is 518 g/mol. The van der Waals surface area contributed by atoms with Crippen molar-refractivity contribution in [2.75, 3.05) is 0 Å². The minimum Gasteiger partial charge on any atom is -0.344 e. The number of hydrogen-bond donors (Lipinski definition) is 1. The zero-order valence-electron chi connectivity index (χ0n) is 19.8. The van der Waals surface area contributed by atoms with E-state index in [1.807, 2.05) is 24.3 Å². The van der Waals surface area contributed by atoms with Gasteiger partial charge in [-0.1, -0.05) is 36.7 Å². The number of halogens is 2. The Morgan fingerprint density at radius 2 is 1.89 bits per heavy atom. The fourth-order valence-corrected chi connectivity index (χ4v) is 7.68. The lowest BCUT2D eigenvalue weighted by atomic mass is 9.58. The van der Waals surface area contributed by atoms with Gasteiger partial charge in [-0.25, -0.2) is 24.3 Å². The van der Waals surface area contributed by atoms with Gasteiger partial charge in [0.15, 0.2) is 17.3 Å². The molecule has 8 heteroatoms. The number of fused-ring (bicyclic) bond motifs is 5. The smallest absolute Gasteiger partial charge is 0.171 e. The first kappa shape index (κ1) is 22.3. The fourth-order valence-electron chi connectivity index (χ4n) is 6.51. The van der Waals surface area contributed by atoms with Crippen molar-refractivity contribution in [1.29, 1.82) is 0 Å². The summed E-state index contributed by atoms with van der Waals surface area (Å²) in [6.45, 7) is 2.35. The van der Waals surface area contributed by atoms with E-state index in [0.29, 0.717) is 63.3 Å². The van der Waals surface area contributed by atoms with E-state index >= 15 is 4.39 Å². The molecule has 5 nitrogen and oxygen atoms in total. The predicted octanol–water partition coefficient (Wildman–Crippen LogP) is 7.70. The Labute approximate surface area is 217 Å². The molecule has 4 heterocycles. The number of rotatable bonds is 4. The number of benzene rings is 1. The molecule has 182 valence electrons. The molecule has 3 aliphatic rings. The van der Waals surface area contributed by atoms with Crippen LogP contribution in [0.1, 0.15) is 38.3 Å². The fraction of sp³-hybridized carbons (Fsp3) is 0.357. The Morgan fingerprint density at radius 3 is 2.69 bits per heavy atom. The summed E-state index contributed by atoms with van der Waals surface area (Å²) >= 11 is 7.71. The molecule has 2 atom stereocenters. The molecule has 8 rings (SSSR count). The van der Waals surface area contributed by atoms with Crippen LogP contribution in [0, 0.1) is 29.5 Å². The molecule has 3 aliphatic carbocycles. The first-order valence-corrected chi connectivity index (χ1v) is 13.8. The number of thiophene rings is 1. The standard InChI is InChI=1S/C28H25ClFN5S/c1-14-15-6-8-16(9-7-15)18(14)11-20-24(30)26(22-10-17-4-2-3-5-21(17)36-22)35-27(33-20)19-12-31-28-25(19)34-23(29)13-32-28/h2-5,10,12-16,18H,6-9,11H2,1H3,(H,31,32). The maximum absolute atomic E-state index is 16.2. The second-order valence-corrected chi connectivity index (χ2v) is 11.8. The molecular weight excluding hydrogens is 493 g/mol. The second kappa shape index (κ2) is 8.60. The van der Waals surface area contributed by atoms with Crippen LogP contribution < -0.4 is 0 Å². The molecule has 0 aliphatic heterocycles. The Bertz CT molecular complexity index is 1570. The Morgan fingerprint density at radius 1 is 1.08 bits per heavy atom. The third-order valence-electron chi connectivity index (χ3n) is 8.44. The van der Waals surface area contributed by atoms with Crippen LogP contribution in [0.25, 0.3) is 43.2 Å². The highest BCUT2D eigenvalue weighted by atomic mass is 35.5. The molecule has 3 saturated carbocycles. The molecule has 0 amide bonds. The van der Waals surface area contributed by atoms with Crippen LogP contribution in [0.15, 0.2) is 42.7 Å².